The summed E-state index contributed by atoms with van der Waals surface area (Å²) in [6.07, 6.45) is 11.1. The Kier molecular flexibility index (Phi) is 6.42. The van der Waals surface area contributed by atoms with Crippen LogP contribution in [0.5, 0.6) is 5.75 Å². The van der Waals surface area contributed by atoms with E-state index in [4.69, 9.17) is 14.6 Å². The number of hydrogen-bond acceptors (Lipinski definition) is 5. The maximum absolute atomic E-state index is 10.9. The van der Waals surface area contributed by atoms with Crippen LogP contribution >= 0.6 is 11.8 Å². The zero-order valence-corrected chi connectivity index (χ0v) is 15.4. The van der Waals surface area contributed by atoms with Gasteiger partial charge in [-0.2, -0.15) is 0 Å². The Morgan fingerprint density at radius 1 is 1.16 bits per heavy atom. The average molecular weight is 366 g/mol. The first kappa shape index (κ1) is 18.3. The first-order chi connectivity index (χ1) is 12.2. The van der Waals surface area contributed by atoms with Gasteiger partial charge < -0.3 is 19.5 Å². The van der Waals surface area contributed by atoms with Gasteiger partial charge >= 0.3 is 6.09 Å². The summed E-state index contributed by atoms with van der Waals surface area (Å²) in [6, 6.07) is 1.94. The highest BCUT2D eigenvalue weighted by Crippen LogP contribution is 2.31. The summed E-state index contributed by atoms with van der Waals surface area (Å²) < 4.78 is 12.4. The summed E-state index contributed by atoms with van der Waals surface area (Å²) in [7, 11) is 0. The van der Waals surface area contributed by atoms with E-state index in [0.29, 0.717) is 13.1 Å². The largest absolute Gasteiger partial charge is 0.489 e. The van der Waals surface area contributed by atoms with E-state index in [2.05, 4.69) is 4.98 Å². The van der Waals surface area contributed by atoms with Crippen LogP contribution in [0.4, 0.5) is 4.79 Å². The van der Waals surface area contributed by atoms with Crippen molar-refractivity contribution >= 4 is 17.9 Å². The van der Waals surface area contributed by atoms with E-state index in [1.54, 1.807) is 18.0 Å². The molecule has 1 saturated heterocycles. The SMILES string of the molecule is CSc1cnccc1OC1CCC(OC2CCN(C(=O)O)CC2)CC1. The van der Waals surface area contributed by atoms with Crippen LogP contribution in [0, 0.1) is 0 Å². The third kappa shape index (κ3) is 5.01. The Labute approximate surface area is 152 Å². The van der Waals surface area contributed by atoms with Gasteiger partial charge in [0.15, 0.2) is 0 Å². The van der Waals surface area contributed by atoms with Gasteiger partial charge in [-0.3, -0.25) is 4.98 Å². The standard InChI is InChI=1S/C18H26N2O4S/c1-25-17-12-19-9-6-16(17)24-14-4-2-13(3-5-14)23-15-7-10-20(11-8-15)18(21)22/h6,9,12-15H,2-5,7-8,10-11H2,1H3,(H,21,22). The highest BCUT2D eigenvalue weighted by Gasteiger charge is 2.28. The molecule has 3 rings (SSSR count). The van der Waals surface area contributed by atoms with Crippen molar-refractivity contribution in [1.82, 2.24) is 9.88 Å². The minimum atomic E-state index is -0.822. The second-order valence-electron chi connectivity index (χ2n) is 6.65. The lowest BCUT2D eigenvalue weighted by Gasteiger charge is -2.35. The molecule has 1 aromatic heterocycles. The number of amides is 1. The Morgan fingerprint density at radius 3 is 2.44 bits per heavy atom. The summed E-state index contributed by atoms with van der Waals surface area (Å²) in [5.41, 5.74) is 0. The van der Waals surface area contributed by atoms with Crippen LogP contribution in [-0.2, 0) is 4.74 Å². The molecule has 1 N–H and O–H groups in total. The Bertz CT molecular complexity index is 570. The molecule has 1 amide bonds. The lowest BCUT2D eigenvalue weighted by molar-refractivity contribution is -0.0642. The molecular weight excluding hydrogens is 340 g/mol. The Morgan fingerprint density at radius 2 is 1.80 bits per heavy atom. The number of hydrogen-bond donors (Lipinski definition) is 1. The summed E-state index contributed by atoms with van der Waals surface area (Å²) in [4.78, 5) is 17.6. The molecule has 6 nitrogen and oxygen atoms in total. The highest BCUT2D eigenvalue weighted by atomic mass is 32.2. The smallest absolute Gasteiger partial charge is 0.407 e. The van der Waals surface area contributed by atoms with Crippen molar-refractivity contribution in [2.45, 2.75) is 61.7 Å². The maximum atomic E-state index is 10.9. The van der Waals surface area contributed by atoms with Crippen molar-refractivity contribution in [3.63, 3.8) is 0 Å². The van der Waals surface area contributed by atoms with Crippen LogP contribution in [0.2, 0.25) is 0 Å². The van der Waals surface area contributed by atoms with Crippen molar-refractivity contribution in [2.75, 3.05) is 19.3 Å². The van der Waals surface area contributed by atoms with Gasteiger partial charge in [0.05, 0.1) is 23.2 Å². The molecule has 0 spiro atoms. The van der Waals surface area contributed by atoms with E-state index in [1.807, 2.05) is 18.5 Å². The van der Waals surface area contributed by atoms with Crippen LogP contribution in [0.1, 0.15) is 38.5 Å². The molecule has 1 aliphatic carbocycles. The second kappa shape index (κ2) is 8.76. The van der Waals surface area contributed by atoms with Crippen molar-refractivity contribution < 1.29 is 19.4 Å². The molecule has 1 aromatic rings. The van der Waals surface area contributed by atoms with Gasteiger partial charge in [-0.1, -0.05) is 0 Å². The van der Waals surface area contributed by atoms with Crippen LogP contribution in [0.15, 0.2) is 23.4 Å². The lowest BCUT2D eigenvalue weighted by atomic mass is 9.94. The fraction of sp³-hybridized carbons (Fsp3) is 0.667. The number of thioether (sulfide) groups is 1. The molecule has 2 heterocycles. The third-order valence-electron chi connectivity index (χ3n) is 4.98. The van der Waals surface area contributed by atoms with Gasteiger partial charge in [-0.25, -0.2) is 4.79 Å². The molecule has 0 bridgehead atoms. The van der Waals surface area contributed by atoms with Crippen molar-refractivity contribution in [2.24, 2.45) is 0 Å². The number of carboxylic acid groups (broad SMARTS) is 1. The predicted molar refractivity (Wildman–Crippen MR) is 96.4 cm³/mol. The maximum Gasteiger partial charge on any atom is 0.407 e. The van der Waals surface area contributed by atoms with Crippen LogP contribution in [0.3, 0.4) is 0 Å². The topological polar surface area (TPSA) is 71.9 Å². The van der Waals surface area contributed by atoms with E-state index in [9.17, 15) is 4.79 Å². The number of likely N-dealkylation sites (tertiary alicyclic amines) is 1. The molecule has 7 heteroatoms. The van der Waals surface area contributed by atoms with E-state index in [-0.39, 0.29) is 18.3 Å². The number of nitrogens with zero attached hydrogens (tertiary/aromatic N) is 2. The minimum Gasteiger partial charge on any atom is -0.489 e. The third-order valence-corrected chi connectivity index (χ3v) is 5.73. The lowest BCUT2D eigenvalue weighted by Crippen LogP contribution is -2.41. The van der Waals surface area contributed by atoms with Crippen LogP contribution in [-0.4, -0.2) is 58.7 Å². The summed E-state index contributed by atoms with van der Waals surface area (Å²) in [6.45, 7) is 1.16. The first-order valence-corrected chi connectivity index (χ1v) is 10.2. The molecule has 2 fully saturated rings. The average Bonchev–Trinajstić information content (AvgIpc) is 2.64. The van der Waals surface area contributed by atoms with Crippen molar-refractivity contribution in [1.29, 1.82) is 0 Å². The molecule has 0 atom stereocenters. The quantitative estimate of drug-likeness (QED) is 0.802. The molecule has 1 aliphatic heterocycles. The summed E-state index contributed by atoms with van der Waals surface area (Å²) in [5.74, 6) is 0.924. The van der Waals surface area contributed by atoms with E-state index >= 15 is 0 Å². The highest BCUT2D eigenvalue weighted by molar-refractivity contribution is 7.98. The molecular formula is C18H26N2O4S. The van der Waals surface area contributed by atoms with Crippen LogP contribution in [0.25, 0.3) is 0 Å². The molecule has 2 aliphatic rings. The zero-order valence-electron chi connectivity index (χ0n) is 14.6. The first-order valence-electron chi connectivity index (χ1n) is 8.93. The number of rotatable bonds is 5. The zero-order chi connectivity index (χ0) is 17.6. The Balaban J connectivity index is 1.41. The van der Waals surface area contributed by atoms with E-state index in [0.717, 1.165) is 49.2 Å². The minimum absolute atomic E-state index is 0.196. The van der Waals surface area contributed by atoms with Crippen molar-refractivity contribution in [3.8, 4) is 5.75 Å². The monoisotopic (exact) mass is 366 g/mol. The van der Waals surface area contributed by atoms with Gasteiger partial charge in [0.1, 0.15) is 5.75 Å². The molecule has 0 aromatic carbocycles. The second-order valence-corrected chi connectivity index (χ2v) is 7.50. The fourth-order valence-corrected chi connectivity index (χ4v) is 4.02. The normalized spacial score (nSPS) is 24.9. The Hall–Kier alpha value is -1.47. The van der Waals surface area contributed by atoms with Gasteiger partial charge in [0.25, 0.3) is 0 Å². The molecule has 25 heavy (non-hydrogen) atoms. The molecule has 138 valence electrons. The predicted octanol–water partition coefficient (Wildman–Crippen LogP) is 3.65. The van der Waals surface area contributed by atoms with E-state index in [1.165, 1.54) is 4.90 Å². The number of pyridine rings is 1. The number of piperidine rings is 1. The van der Waals surface area contributed by atoms with Gasteiger partial charge in [-0.05, 0) is 50.8 Å². The van der Waals surface area contributed by atoms with E-state index < -0.39 is 6.09 Å². The van der Waals surface area contributed by atoms with Gasteiger partial charge in [-0.15, -0.1) is 11.8 Å². The number of aromatic nitrogens is 1. The molecule has 0 unspecified atom stereocenters. The van der Waals surface area contributed by atoms with Crippen molar-refractivity contribution in [3.05, 3.63) is 18.5 Å². The number of carbonyl (C=O) groups is 1. The summed E-state index contributed by atoms with van der Waals surface area (Å²) in [5, 5.41) is 9.00. The van der Waals surface area contributed by atoms with Gasteiger partial charge in [0, 0.05) is 25.5 Å². The fourth-order valence-electron chi connectivity index (χ4n) is 3.54. The molecule has 1 saturated carbocycles. The van der Waals surface area contributed by atoms with Crippen LogP contribution < -0.4 is 4.74 Å². The molecule has 0 radical (unpaired) electrons. The number of ether oxygens (including phenoxy) is 2. The summed E-state index contributed by atoms with van der Waals surface area (Å²) >= 11 is 1.65. The van der Waals surface area contributed by atoms with Gasteiger partial charge in [0.2, 0.25) is 0 Å².